The molecule has 1 rings (SSSR count). The van der Waals surface area contributed by atoms with Crippen LogP contribution in [0.5, 0.6) is 0 Å². The highest BCUT2D eigenvalue weighted by atomic mass is 19.4. The first-order chi connectivity index (χ1) is 7.74. The Kier molecular flexibility index (Phi) is 3.70. The second kappa shape index (κ2) is 4.69. The lowest BCUT2D eigenvalue weighted by Gasteiger charge is -2.12. The van der Waals surface area contributed by atoms with Crippen molar-refractivity contribution in [2.75, 3.05) is 0 Å². The average Bonchev–Trinajstić information content (AvgIpc) is 2.13. The van der Waals surface area contributed by atoms with Crippen molar-refractivity contribution in [3.05, 3.63) is 29.3 Å². The van der Waals surface area contributed by atoms with E-state index in [9.17, 15) is 22.0 Å². The van der Waals surface area contributed by atoms with Crippen LogP contribution in [0.4, 0.5) is 22.0 Å². The van der Waals surface area contributed by atoms with E-state index in [0.29, 0.717) is 12.1 Å². The Bertz CT molecular complexity index is 447. The maximum atomic E-state index is 13.1. The van der Waals surface area contributed by atoms with Crippen molar-refractivity contribution >= 4 is 12.6 Å². The predicted octanol–water partition coefficient (Wildman–Crippen LogP) is 1.06. The normalized spacial score (nSPS) is 11.1. The molecular formula is C8H3BF5NO2. The van der Waals surface area contributed by atoms with E-state index in [2.05, 4.69) is 4.65 Å². The highest BCUT2D eigenvalue weighted by Crippen LogP contribution is 2.17. The lowest BCUT2D eigenvalue weighted by atomic mass is 9.78. The summed E-state index contributed by atoms with van der Waals surface area (Å²) in [6.45, 7) is 0. The van der Waals surface area contributed by atoms with Gasteiger partial charge in [-0.2, -0.15) is 5.26 Å². The summed E-state index contributed by atoms with van der Waals surface area (Å²) in [6, 6.07) is 2.37. The maximum Gasteiger partial charge on any atom is 0.510 e. The molecule has 0 unspecified atom stereocenters. The van der Waals surface area contributed by atoms with Gasteiger partial charge in [0.15, 0.2) is 0 Å². The highest BCUT2D eigenvalue weighted by molar-refractivity contribution is 6.60. The van der Waals surface area contributed by atoms with Gasteiger partial charge in [-0.25, -0.2) is 8.78 Å². The third kappa shape index (κ3) is 3.40. The van der Waals surface area contributed by atoms with Crippen LogP contribution in [0.2, 0.25) is 0 Å². The van der Waals surface area contributed by atoms with Gasteiger partial charge in [0.05, 0.1) is 17.1 Å². The summed E-state index contributed by atoms with van der Waals surface area (Å²) in [5.41, 5.74) is -1.73. The number of hydrogen-bond donors (Lipinski definition) is 1. The van der Waals surface area contributed by atoms with Gasteiger partial charge >= 0.3 is 13.5 Å². The molecule has 0 atom stereocenters. The van der Waals surface area contributed by atoms with Gasteiger partial charge in [-0.15, -0.1) is 13.2 Å². The maximum absolute atomic E-state index is 13.1. The number of hydrogen-bond acceptors (Lipinski definition) is 3. The van der Waals surface area contributed by atoms with E-state index < -0.39 is 36.1 Å². The summed E-state index contributed by atoms with van der Waals surface area (Å²) in [5, 5.41) is 17.2. The molecule has 0 amide bonds. The predicted molar refractivity (Wildman–Crippen MR) is 45.8 cm³/mol. The molecule has 0 saturated carbocycles. The van der Waals surface area contributed by atoms with Crippen LogP contribution in [-0.4, -0.2) is 18.5 Å². The van der Waals surface area contributed by atoms with E-state index >= 15 is 0 Å². The van der Waals surface area contributed by atoms with Crippen molar-refractivity contribution in [2.45, 2.75) is 6.36 Å². The van der Waals surface area contributed by atoms with E-state index in [1.54, 1.807) is 0 Å². The molecule has 9 heteroatoms. The molecule has 0 aliphatic rings. The van der Waals surface area contributed by atoms with Gasteiger partial charge in [-0.1, -0.05) is 0 Å². The van der Waals surface area contributed by atoms with Crippen molar-refractivity contribution in [3.8, 4) is 6.07 Å². The van der Waals surface area contributed by atoms with E-state index in [-0.39, 0.29) is 0 Å². The lowest BCUT2D eigenvalue weighted by molar-refractivity contribution is -0.282. The summed E-state index contributed by atoms with van der Waals surface area (Å²) in [4.78, 5) is 0. The average molecular weight is 251 g/mol. The molecule has 0 radical (unpaired) electrons. The third-order valence-corrected chi connectivity index (χ3v) is 1.70. The first-order valence-electron chi connectivity index (χ1n) is 4.06. The Labute approximate surface area is 92.2 Å². The quantitative estimate of drug-likeness (QED) is 0.631. The minimum absolute atomic E-state index is 0.428. The number of benzene rings is 1. The molecule has 17 heavy (non-hydrogen) atoms. The molecule has 0 aliphatic heterocycles. The van der Waals surface area contributed by atoms with E-state index in [4.69, 9.17) is 10.3 Å². The Morgan fingerprint density at radius 1 is 1.24 bits per heavy atom. The fourth-order valence-corrected chi connectivity index (χ4v) is 1.07. The number of rotatable bonds is 2. The van der Waals surface area contributed by atoms with Gasteiger partial charge in [0.2, 0.25) is 0 Å². The van der Waals surface area contributed by atoms with Crippen molar-refractivity contribution in [3.63, 3.8) is 0 Å². The zero-order valence-electron chi connectivity index (χ0n) is 7.92. The van der Waals surface area contributed by atoms with Crippen LogP contribution in [-0.2, 0) is 4.65 Å². The molecule has 1 aromatic rings. The number of nitrogens with zero attached hydrogens (tertiary/aromatic N) is 1. The van der Waals surface area contributed by atoms with Gasteiger partial charge in [-0.05, 0) is 12.1 Å². The molecule has 1 N–H and O–H groups in total. The molecule has 0 aliphatic carbocycles. The van der Waals surface area contributed by atoms with Crippen molar-refractivity contribution in [1.82, 2.24) is 0 Å². The molecule has 0 fully saturated rings. The molecule has 0 saturated heterocycles. The number of halogens is 5. The standard InChI is InChI=1S/C8H3BF5NO2/c10-5-1-4(3-15)2-6(11)7(5)9(16)17-8(12,13)14/h1-2,16H. The molecule has 0 aromatic heterocycles. The SMILES string of the molecule is N#Cc1cc(F)c(B(O)OC(F)(F)F)c(F)c1. The molecule has 3 nitrogen and oxygen atoms in total. The van der Waals surface area contributed by atoms with Crippen LogP contribution in [0.25, 0.3) is 0 Å². The second-order valence-electron chi connectivity index (χ2n) is 2.88. The van der Waals surface area contributed by atoms with E-state index in [1.165, 1.54) is 6.07 Å². The van der Waals surface area contributed by atoms with Gasteiger partial charge in [-0.3, -0.25) is 0 Å². The van der Waals surface area contributed by atoms with Gasteiger partial charge in [0, 0.05) is 0 Å². The molecule has 1 aromatic carbocycles. The lowest BCUT2D eigenvalue weighted by Crippen LogP contribution is -2.42. The van der Waals surface area contributed by atoms with Crippen LogP contribution in [0, 0.1) is 23.0 Å². The number of nitriles is 1. The van der Waals surface area contributed by atoms with Gasteiger partial charge in [0.25, 0.3) is 0 Å². The van der Waals surface area contributed by atoms with Crippen LogP contribution < -0.4 is 5.46 Å². The van der Waals surface area contributed by atoms with Crippen LogP contribution in [0.15, 0.2) is 12.1 Å². The molecule has 90 valence electrons. The van der Waals surface area contributed by atoms with E-state index in [0.717, 1.165) is 0 Å². The van der Waals surface area contributed by atoms with E-state index in [1.807, 2.05) is 0 Å². The monoisotopic (exact) mass is 251 g/mol. The van der Waals surface area contributed by atoms with Crippen LogP contribution in [0.3, 0.4) is 0 Å². The molecule has 0 heterocycles. The summed E-state index contributed by atoms with van der Waals surface area (Å²) < 4.78 is 64.5. The largest absolute Gasteiger partial charge is 0.510 e. The Morgan fingerprint density at radius 3 is 2.06 bits per heavy atom. The first-order valence-corrected chi connectivity index (χ1v) is 4.06. The highest BCUT2D eigenvalue weighted by Gasteiger charge is 2.39. The summed E-state index contributed by atoms with van der Waals surface area (Å²) in [7, 11) is -2.83. The first kappa shape index (κ1) is 13.4. The topological polar surface area (TPSA) is 53.2 Å². The Morgan fingerprint density at radius 2 is 1.71 bits per heavy atom. The fourth-order valence-electron chi connectivity index (χ4n) is 1.07. The van der Waals surface area contributed by atoms with Crippen LogP contribution >= 0.6 is 0 Å². The molecular weight excluding hydrogens is 248 g/mol. The molecule has 0 bridgehead atoms. The minimum atomic E-state index is -5.24. The zero-order valence-corrected chi connectivity index (χ0v) is 7.92. The summed E-state index contributed by atoms with van der Waals surface area (Å²) >= 11 is 0. The van der Waals surface area contributed by atoms with Gasteiger partial charge < -0.3 is 9.68 Å². The zero-order chi connectivity index (χ0) is 13.2. The summed E-state index contributed by atoms with van der Waals surface area (Å²) in [5.74, 6) is -3.00. The Hall–Kier alpha value is -1.66. The van der Waals surface area contributed by atoms with Gasteiger partial charge in [0.1, 0.15) is 11.6 Å². The number of alkyl halides is 3. The fraction of sp³-hybridized carbons (Fsp3) is 0.125. The Balaban J connectivity index is 3.11. The molecule has 0 spiro atoms. The summed E-state index contributed by atoms with van der Waals surface area (Å²) in [6.07, 6.45) is -5.24. The smallest absolute Gasteiger partial charge is 0.423 e. The van der Waals surface area contributed by atoms with Crippen LogP contribution in [0.1, 0.15) is 5.56 Å². The third-order valence-electron chi connectivity index (χ3n) is 1.70. The van der Waals surface area contributed by atoms with Crippen molar-refractivity contribution in [2.24, 2.45) is 0 Å². The second-order valence-corrected chi connectivity index (χ2v) is 2.88. The minimum Gasteiger partial charge on any atom is -0.423 e. The van der Waals surface area contributed by atoms with Crippen molar-refractivity contribution < 1.29 is 31.6 Å². The van der Waals surface area contributed by atoms with Crippen molar-refractivity contribution in [1.29, 1.82) is 5.26 Å².